The number of nitro groups is 1. The number of nitro benzene ring substituents is 1. The third-order valence-electron chi connectivity index (χ3n) is 4.16. The average molecular weight is 388 g/mol. The number of hydrogen-bond donors (Lipinski definition) is 2. The summed E-state index contributed by atoms with van der Waals surface area (Å²) >= 11 is 0. The predicted octanol–water partition coefficient (Wildman–Crippen LogP) is 4.90. The van der Waals surface area contributed by atoms with Gasteiger partial charge in [0.2, 0.25) is 5.75 Å². The Bertz CT molecular complexity index is 1160. The second-order valence-electron chi connectivity index (χ2n) is 6.01. The van der Waals surface area contributed by atoms with Crippen LogP contribution < -0.4 is 0 Å². The zero-order chi connectivity index (χ0) is 20.8. The van der Waals surface area contributed by atoms with Crippen molar-refractivity contribution in [2.75, 3.05) is 0 Å². The van der Waals surface area contributed by atoms with Gasteiger partial charge in [-0.25, -0.2) is 4.79 Å². The van der Waals surface area contributed by atoms with Crippen LogP contribution in [0.2, 0.25) is 0 Å². The van der Waals surface area contributed by atoms with Crippen molar-refractivity contribution in [3.8, 4) is 16.9 Å². The predicted molar refractivity (Wildman–Crippen MR) is 109 cm³/mol. The molecule has 144 valence electrons. The Morgan fingerprint density at radius 1 is 0.862 bits per heavy atom. The zero-order valence-electron chi connectivity index (χ0n) is 15.1. The standard InChI is InChI=1S/C13H10O2.C9H6N2O3/c14-13(15)12-8-6-11(7-9-12)10-4-2-1-3-5-10;12-9-7(11(13)14)4-3-6-2-1-5-10-8(6)9/h1-9H,(H,14,15);1-5,12H. The first-order valence-electron chi connectivity index (χ1n) is 8.57. The molecule has 7 nitrogen and oxygen atoms in total. The van der Waals surface area contributed by atoms with Crippen LogP contribution in [0.25, 0.3) is 22.0 Å². The topological polar surface area (TPSA) is 114 Å². The molecule has 4 rings (SSSR count). The van der Waals surface area contributed by atoms with Gasteiger partial charge in [0.25, 0.3) is 0 Å². The molecule has 0 saturated heterocycles. The highest BCUT2D eigenvalue weighted by molar-refractivity contribution is 5.88. The summed E-state index contributed by atoms with van der Waals surface area (Å²) in [5.74, 6) is -1.28. The lowest BCUT2D eigenvalue weighted by Gasteiger charge is -2.01. The Balaban J connectivity index is 0.000000166. The van der Waals surface area contributed by atoms with Crippen LogP contribution in [0.3, 0.4) is 0 Å². The van der Waals surface area contributed by atoms with E-state index in [2.05, 4.69) is 4.98 Å². The fraction of sp³-hybridized carbons (Fsp3) is 0. The number of carbonyl (C=O) groups is 1. The molecule has 0 amide bonds. The third kappa shape index (κ3) is 4.54. The van der Waals surface area contributed by atoms with E-state index in [9.17, 15) is 20.0 Å². The van der Waals surface area contributed by atoms with Crippen LogP contribution >= 0.6 is 0 Å². The van der Waals surface area contributed by atoms with Gasteiger partial charge in [-0.3, -0.25) is 15.1 Å². The van der Waals surface area contributed by atoms with Crippen molar-refractivity contribution in [1.82, 2.24) is 4.98 Å². The van der Waals surface area contributed by atoms with Crippen molar-refractivity contribution in [2.24, 2.45) is 0 Å². The third-order valence-corrected chi connectivity index (χ3v) is 4.16. The summed E-state index contributed by atoms with van der Waals surface area (Å²) in [5.41, 5.74) is 2.36. The van der Waals surface area contributed by atoms with E-state index >= 15 is 0 Å². The Morgan fingerprint density at radius 3 is 2.14 bits per heavy atom. The number of benzene rings is 3. The second-order valence-corrected chi connectivity index (χ2v) is 6.01. The number of phenols is 1. The monoisotopic (exact) mass is 388 g/mol. The van der Waals surface area contributed by atoms with Crippen LogP contribution in [0.15, 0.2) is 85.1 Å². The van der Waals surface area contributed by atoms with Gasteiger partial charge in [-0.05, 0) is 35.4 Å². The number of aromatic carboxylic acids is 1. The fourth-order valence-corrected chi connectivity index (χ4v) is 2.70. The quantitative estimate of drug-likeness (QED) is 0.381. The van der Waals surface area contributed by atoms with E-state index < -0.39 is 10.9 Å². The summed E-state index contributed by atoms with van der Waals surface area (Å²) < 4.78 is 0. The molecule has 0 unspecified atom stereocenters. The number of aromatic hydroxyl groups is 1. The molecular formula is C22H16N2O5. The van der Waals surface area contributed by atoms with Crippen molar-refractivity contribution < 1.29 is 19.9 Å². The number of hydrogen-bond acceptors (Lipinski definition) is 5. The Labute approximate surface area is 165 Å². The number of phenolic OH excluding ortho intramolecular Hbond substituents is 1. The summed E-state index contributed by atoms with van der Waals surface area (Å²) in [6.07, 6.45) is 1.48. The largest absolute Gasteiger partial charge is 0.501 e. The molecular weight excluding hydrogens is 372 g/mol. The normalized spacial score (nSPS) is 10.1. The van der Waals surface area contributed by atoms with Gasteiger partial charge in [-0.1, -0.05) is 48.5 Å². The molecule has 7 heteroatoms. The van der Waals surface area contributed by atoms with Crippen molar-refractivity contribution in [3.05, 3.63) is 101 Å². The van der Waals surface area contributed by atoms with E-state index in [0.29, 0.717) is 10.9 Å². The van der Waals surface area contributed by atoms with Gasteiger partial charge in [0, 0.05) is 17.6 Å². The summed E-state index contributed by atoms with van der Waals surface area (Å²) in [6, 6.07) is 23.0. The molecule has 1 aromatic heterocycles. The highest BCUT2D eigenvalue weighted by atomic mass is 16.6. The van der Waals surface area contributed by atoms with Gasteiger partial charge in [0.1, 0.15) is 5.52 Å². The molecule has 0 aliphatic rings. The average Bonchev–Trinajstić information content (AvgIpc) is 2.75. The first-order valence-corrected chi connectivity index (χ1v) is 8.57. The summed E-state index contributed by atoms with van der Waals surface area (Å²) in [7, 11) is 0. The molecule has 29 heavy (non-hydrogen) atoms. The first-order chi connectivity index (χ1) is 14.0. The van der Waals surface area contributed by atoms with Gasteiger partial charge in [0.05, 0.1) is 10.5 Å². The highest BCUT2D eigenvalue weighted by Gasteiger charge is 2.16. The lowest BCUT2D eigenvalue weighted by molar-refractivity contribution is -0.385. The molecule has 0 spiro atoms. The van der Waals surface area contributed by atoms with Crippen LogP contribution in [0.5, 0.6) is 5.75 Å². The maximum absolute atomic E-state index is 10.6. The van der Waals surface area contributed by atoms with E-state index in [-0.39, 0.29) is 17.0 Å². The number of aromatic nitrogens is 1. The van der Waals surface area contributed by atoms with Crippen molar-refractivity contribution in [1.29, 1.82) is 0 Å². The molecule has 0 aliphatic heterocycles. The number of nitrogens with zero attached hydrogens (tertiary/aromatic N) is 2. The van der Waals surface area contributed by atoms with Gasteiger partial charge in [0.15, 0.2) is 0 Å². The van der Waals surface area contributed by atoms with Gasteiger partial charge in [-0.2, -0.15) is 0 Å². The fourth-order valence-electron chi connectivity index (χ4n) is 2.70. The molecule has 0 atom stereocenters. The van der Waals surface area contributed by atoms with Gasteiger partial charge < -0.3 is 10.2 Å². The first kappa shape index (κ1) is 19.5. The van der Waals surface area contributed by atoms with Crippen molar-refractivity contribution in [2.45, 2.75) is 0 Å². The van der Waals surface area contributed by atoms with Gasteiger partial charge in [-0.15, -0.1) is 0 Å². The Hall–Kier alpha value is -4.26. The maximum atomic E-state index is 10.6. The van der Waals surface area contributed by atoms with E-state index in [1.807, 2.05) is 42.5 Å². The van der Waals surface area contributed by atoms with Crippen LogP contribution in [-0.4, -0.2) is 26.1 Å². The zero-order valence-corrected chi connectivity index (χ0v) is 15.1. The number of pyridine rings is 1. The lowest BCUT2D eigenvalue weighted by Crippen LogP contribution is -1.94. The van der Waals surface area contributed by atoms with E-state index in [1.54, 1.807) is 30.3 Å². The molecule has 0 radical (unpaired) electrons. The number of carboxylic acid groups (broad SMARTS) is 1. The summed E-state index contributed by atoms with van der Waals surface area (Å²) in [4.78, 5) is 24.4. The minimum absolute atomic E-state index is 0.252. The number of carboxylic acids is 1. The maximum Gasteiger partial charge on any atom is 0.335 e. The van der Waals surface area contributed by atoms with Crippen LogP contribution in [-0.2, 0) is 0 Å². The van der Waals surface area contributed by atoms with Crippen LogP contribution in [0.4, 0.5) is 5.69 Å². The highest BCUT2D eigenvalue weighted by Crippen LogP contribution is 2.32. The molecule has 4 aromatic rings. The Kier molecular flexibility index (Phi) is 5.80. The molecule has 1 heterocycles. The molecule has 0 bridgehead atoms. The smallest absolute Gasteiger partial charge is 0.335 e. The molecule has 3 aromatic carbocycles. The molecule has 0 fully saturated rings. The lowest BCUT2D eigenvalue weighted by atomic mass is 10.0. The molecule has 2 N–H and O–H groups in total. The van der Waals surface area contributed by atoms with Crippen molar-refractivity contribution in [3.63, 3.8) is 0 Å². The minimum Gasteiger partial charge on any atom is -0.501 e. The van der Waals surface area contributed by atoms with E-state index in [4.69, 9.17) is 5.11 Å². The minimum atomic E-state index is -0.894. The summed E-state index contributed by atoms with van der Waals surface area (Å²) in [6.45, 7) is 0. The Morgan fingerprint density at radius 2 is 1.52 bits per heavy atom. The second kappa shape index (κ2) is 8.62. The number of fused-ring (bicyclic) bond motifs is 1. The number of rotatable bonds is 3. The van der Waals surface area contributed by atoms with Gasteiger partial charge >= 0.3 is 11.7 Å². The SMILES string of the molecule is O=C(O)c1ccc(-c2ccccc2)cc1.O=[N+]([O-])c1ccc2cccnc2c1O. The summed E-state index contributed by atoms with van der Waals surface area (Å²) in [5, 5.41) is 29.4. The van der Waals surface area contributed by atoms with Crippen molar-refractivity contribution >= 4 is 22.6 Å². The molecule has 0 saturated carbocycles. The molecule has 0 aliphatic carbocycles. The van der Waals surface area contributed by atoms with E-state index in [0.717, 1.165) is 11.1 Å². The van der Waals surface area contributed by atoms with Crippen LogP contribution in [0, 0.1) is 10.1 Å². The van der Waals surface area contributed by atoms with Crippen LogP contribution in [0.1, 0.15) is 10.4 Å². The van der Waals surface area contributed by atoms with E-state index in [1.165, 1.54) is 12.3 Å².